The Kier molecular flexibility index (Phi) is 4.35. The van der Waals surface area contributed by atoms with Crippen LogP contribution in [0.1, 0.15) is 39.5 Å². The molecule has 1 saturated carbocycles. The van der Waals surface area contributed by atoms with Gasteiger partial charge in [-0.1, -0.05) is 12.8 Å². The molecule has 0 bridgehead atoms. The molecule has 0 aliphatic heterocycles. The molecule has 0 amide bonds. The second-order valence-corrected chi connectivity index (χ2v) is 4.92. The summed E-state index contributed by atoms with van der Waals surface area (Å²) in [6.07, 6.45) is 4.21. The minimum atomic E-state index is -0.181. The highest BCUT2D eigenvalue weighted by Crippen LogP contribution is 2.20. The van der Waals surface area contributed by atoms with Gasteiger partial charge in [-0.05, 0) is 26.7 Å². The second kappa shape index (κ2) is 5.10. The van der Waals surface area contributed by atoms with Gasteiger partial charge < -0.3 is 15.2 Å². The number of methoxy groups -OCH3 is 1. The molecule has 0 aromatic rings. The van der Waals surface area contributed by atoms with E-state index in [0.29, 0.717) is 6.61 Å². The summed E-state index contributed by atoms with van der Waals surface area (Å²) in [4.78, 5) is 0. The standard InChI is InChI=1S/C11H23NO2/c1-11(2,8-14-3)12-9-6-4-5-7-10(9)13/h9-10,12-13H,4-8H2,1-3H3/t9-,10-/m1/s1. The molecular weight excluding hydrogens is 178 g/mol. The predicted molar refractivity (Wildman–Crippen MR) is 57.4 cm³/mol. The molecule has 1 fully saturated rings. The van der Waals surface area contributed by atoms with Gasteiger partial charge in [0.2, 0.25) is 0 Å². The van der Waals surface area contributed by atoms with Gasteiger partial charge >= 0.3 is 0 Å². The zero-order valence-corrected chi connectivity index (χ0v) is 9.55. The SMILES string of the molecule is COCC(C)(C)N[C@@H]1CCCC[C@H]1O. The molecule has 3 heteroatoms. The first-order valence-electron chi connectivity index (χ1n) is 5.50. The van der Waals surface area contributed by atoms with Crippen LogP contribution in [0, 0.1) is 0 Å². The summed E-state index contributed by atoms with van der Waals surface area (Å²) in [6.45, 7) is 4.89. The fraction of sp³-hybridized carbons (Fsp3) is 1.00. The van der Waals surface area contributed by atoms with Gasteiger partial charge in [-0.25, -0.2) is 0 Å². The molecule has 2 N–H and O–H groups in total. The lowest BCUT2D eigenvalue weighted by Crippen LogP contribution is -2.54. The molecule has 2 atom stereocenters. The summed E-state index contributed by atoms with van der Waals surface area (Å²) >= 11 is 0. The molecular formula is C11H23NO2. The van der Waals surface area contributed by atoms with Crippen molar-refractivity contribution in [3.63, 3.8) is 0 Å². The van der Waals surface area contributed by atoms with Crippen LogP contribution in [0.5, 0.6) is 0 Å². The van der Waals surface area contributed by atoms with E-state index in [1.54, 1.807) is 7.11 Å². The highest BCUT2D eigenvalue weighted by molar-refractivity contribution is 4.88. The predicted octanol–water partition coefficient (Wildman–Crippen LogP) is 1.30. The smallest absolute Gasteiger partial charge is 0.0693 e. The Bertz CT molecular complexity index is 171. The molecule has 1 aliphatic rings. The van der Waals surface area contributed by atoms with E-state index in [9.17, 15) is 5.11 Å². The minimum Gasteiger partial charge on any atom is -0.392 e. The van der Waals surface area contributed by atoms with E-state index >= 15 is 0 Å². The number of aliphatic hydroxyl groups excluding tert-OH is 1. The molecule has 0 spiro atoms. The van der Waals surface area contributed by atoms with Crippen LogP contribution in [0.2, 0.25) is 0 Å². The van der Waals surface area contributed by atoms with Crippen molar-refractivity contribution >= 4 is 0 Å². The van der Waals surface area contributed by atoms with Crippen molar-refractivity contribution in [1.82, 2.24) is 5.32 Å². The van der Waals surface area contributed by atoms with Crippen LogP contribution in [0.4, 0.5) is 0 Å². The molecule has 1 aliphatic carbocycles. The fourth-order valence-corrected chi connectivity index (χ4v) is 2.18. The molecule has 0 saturated heterocycles. The molecule has 3 nitrogen and oxygen atoms in total. The molecule has 0 aromatic carbocycles. The van der Waals surface area contributed by atoms with Crippen LogP contribution >= 0.6 is 0 Å². The number of hydrogen-bond acceptors (Lipinski definition) is 3. The average Bonchev–Trinajstić information content (AvgIpc) is 2.08. The number of aliphatic hydroxyl groups is 1. The highest BCUT2D eigenvalue weighted by atomic mass is 16.5. The van der Waals surface area contributed by atoms with Gasteiger partial charge in [-0.2, -0.15) is 0 Å². The average molecular weight is 201 g/mol. The molecule has 1 rings (SSSR count). The Labute approximate surface area is 86.8 Å². The van der Waals surface area contributed by atoms with Crippen LogP contribution in [0.3, 0.4) is 0 Å². The quantitative estimate of drug-likeness (QED) is 0.720. The van der Waals surface area contributed by atoms with Gasteiger partial charge in [0.25, 0.3) is 0 Å². The maximum atomic E-state index is 9.80. The van der Waals surface area contributed by atoms with Crippen molar-refractivity contribution < 1.29 is 9.84 Å². The van der Waals surface area contributed by atoms with E-state index in [1.165, 1.54) is 6.42 Å². The Balaban J connectivity index is 2.40. The minimum absolute atomic E-state index is 0.0439. The van der Waals surface area contributed by atoms with Crippen LogP contribution in [0.25, 0.3) is 0 Å². The Hall–Kier alpha value is -0.120. The largest absolute Gasteiger partial charge is 0.392 e. The van der Waals surface area contributed by atoms with E-state index < -0.39 is 0 Å². The molecule has 0 unspecified atom stereocenters. The third-order valence-corrected chi connectivity index (χ3v) is 2.81. The zero-order chi connectivity index (χ0) is 10.6. The van der Waals surface area contributed by atoms with Gasteiger partial charge in [0.15, 0.2) is 0 Å². The summed E-state index contributed by atoms with van der Waals surface area (Å²) in [5.74, 6) is 0. The van der Waals surface area contributed by atoms with Crippen LogP contribution in [-0.2, 0) is 4.74 Å². The summed E-state index contributed by atoms with van der Waals surface area (Å²) in [5, 5.41) is 13.3. The lowest BCUT2D eigenvalue weighted by Gasteiger charge is -2.36. The molecule has 0 radical (unpaired) electrons. The van der Waals surface area contributed by atoms with Crippen molar-refractivity contribution in [2.45, 2.75) is 57.2 Å². The maximum absolute atomic E-state index is 9.80. The molecule has 14 heavy (non-hydrogen) atoms. The number of ether oxygens (including phenoxy) is 1. The van der Waals surface area contributed by atoms with Crippen molar-refractivity contribution in [2.24, 2.45) is 0 Å². The summed E-state index contributed by atoms with van der Waals surface area (Å²) in [5.41, 5.74) is -0.0439. The van der Waals surface area contributed by atoms with E-state index in [1.807, 2.05) is 0 Å². The third kappa shape index (κ3) is 3.56. The number of nitrogens with one attached hydrogen (secondary N) is 1. The van der Waals surface area contributed by atoms with Crippen LogP contribution < -0.4 is 5.32 Å². The second-order valence-electron chi connectivity index (χ2n) is 4.92. The van der Waals surface area contributed by atoms with Crippen molar-refractivity contribution in [3.8, 4) is 0 Å². The number of hydrogen-bond donors (Lipinski definition) is 2. The summed E-state index contributed by atoms with van der Waals surface area (Å²) in [6, 6.07) is 0.244. The monoisotopic (exact) mass is 201 g/mol. The fourth-order valence-electron chi connectivity index (χ4n) is 2.18. The third-order valence-electron chi connectivity index (χ3n) is 2.81. The molecule has 0 aromatic heterocycles. The van der Waals surface area contributed by atoms with Gasteiger partial charge in [-0.3, -0.25) is 0 Å². The Morgan fingerprint density at radius 2 is 2.00 bits per heavy atom. The Morgan fingerprint density at radius 3 is 2.57 bits per heavy atom. The van der Waals surface area contributed by atoms with Crippen molar-refractivity contribution in [1.29, 1.82) is 0 Å². The van der Waals surface area contributed by atoms with Crippen LogP contribution in [0.15, 0.2) is 0 Å². The van der Waals surface area contributed by atoms with E-state index in [4.69, 9.17) is 4.74 Å². The summed E-state index contributed by atoms with van der Waals surface area (Å²) < 4.78 is 5.14. The van der Waals surface area contributed by atoms with E-state index in [2.05, 4.69) is 19.2 Å². The molecule has 84 valence electrons. The van der Waals surface area contributed by atoms with Gasteiger partial charge in [0, 0.05) is 18.7 Å². The normalized spacial score (nSPS) is 29.1. The van der Waals surface area contributed by atoms with Gasteiger partial charge in [-0.15, -0.1) is 0 Å². The number of rotatable bonds is 4. The van der Waals surface area contributed by atoms with Crippen molar-refractivity contribution in [3.05, 3.63) is 0 Å². The summed E-state index contributed by atoms with van der Waals surface area (Å²) in [7, 11) is 1.71. The maximum Gasteiger partial charge on any atom is 0.0693 e. The van der Waals surface area contributed by atoms with E-state index in [-0.39, 0.29) is 17.7 Å². The first kappa shape index (κ1) is 12.0. The topological polar surface area (TPSA) is 41.5 Å². The Morgan fingerprint density at radius 1 is 1.36 bits per heavy atom. The first-order valence-corrected chi connectivity index (χ1v) is 5.50. The zero-order valence-electron chi connectivity index (χ0n) is 9.55. The van der Waals surface area contributed by atoms with Crippen LogP contribution in [-0.4, -0.2) is 36.5 Å². The lowest BCUT2D eigenvalue weighted by molar-refractivity contribution is 0.0544. The highest BCUT2D eigenvalue weighted by Gasteiger charge is 2.28. The van der Waals surface area contributed by atoms with Crippen molar-refractivity contribution in [2.75, 3.05) is 13.7 Å². The lowest BCUT2D eigenvalue weighted by atomic mass is 9.90. The van der Waals surface area contributed by atoms with E-state index in [0.717, 1.165) is 19.3 Å². The van der Waals surface area contributed by atoms with Gasteiger partial charge in [0.1, 0.15) is 0 Å². The molecule has 0 heterocycles. The first-order chi connectivity index (χ1) is 6.55. The van der Waals surface area contributed by atoms with Gasteiger partial charge in [0.05, 0.1) is 12.7 Å².